The number of rotatable bonds is 6. The number of hydrogen-bond acceptors (Lipinski definition) is 3. The number of esters is 1. The first-order chi connectivity index (χ1) is 13.9. The number of nitrogens with zero attached hydrogens (tertiary/aromatic N) is 1. The summed E-state index contributed by atoms with van der Waals surface area (Å²) in [5, 5.41) is 0.564. The molecule has 1 atom stereocenters. The number of amides is 1. The van der Waals surface area contributed by atoms with Crippen LogP contribution in [0.5, 0.6) is 0 Å². The molecule has 0 radical (unpaired) electrons. The third kappa shape index (κ3) is 4.77. The topological polar surface area (TPSA) is 46.6 Å². The quantitative estimate of drug-likeness (QED) is 0.488. The number of allylic oxidation sites excluding steroid dienone is 1. The molecule has 150 valence electrons. The first-order valence-electron chi connectivity index (χ1n) is 9.51. The van der Waals surface area contributed by atoms with Crippen molar-refractivity contribution in [3.05, 3.63) is 94.2 Å². The van der Waals surface area contributed by atoms with Crippen molar-refractivity contribution in [3.8, 4) is 0 Å². The van der Waals surface area contributed by atoms with E-state index in [4.69, 9.17) is 16.3 Å². The van der Waals surface area contributed by atoms with E-state index in [0.717, 1.165) is 16.7 Å². The molecule has 0 N–H and O–H groups in total. The van der Waals surface area contributed by atoms with Gasteiger partial charge in [-0.15, -0.1) is 0 Å². The summed E-state index contributed by atoms with van der Waals surface area (Å²) >= 11 is 6.16. The van der Waals surface area contributed by atoms with Crippen LogP contribution in [-0.2, 0) is 20.9 Å². The monoisotopic (exact) mass is 409 g/mol. The summed E-state index contributed by atoms with van der Waals surface area (Å²) < 4.78 is 5.35. The first-order valence-corrected chi connectivity index (χ1v) is 9.88. The van der Waals surface area contributed by atoms with Crippen LogP contribution >= 0.6 is 11.6 Å². The van der Waals surface area contributed by atoms with Crippen LogP contribution in [0.25, 0.3) is 0 Å². The van der Waals surface area contributed by atoms with Crippen molar-refractivity contribution in [2.45, 2.75) is 32.7 Å². The Morgan fingerprint density at radius 2 is 2.00 bits per heavy atom. The average Bonchev–Trinajstić information content (AvgIpc) is 2.69. The minimum absolute atomic E-state index is 0.0331. The van der Waals surface area contributed by atoms with Gasteiger partial charge in [-0.2, -0.15) is 0 Å². The summed E-state index contributed by atoms with van der Waals surface area (Å²) in [6.07, 6.45) is 1.71. The lowest BCUT2D eigenvalue weighted by atomic mass is 9.83. The van der Waals surface area contributed by atoms with Crippen LogP contribution < -0.4 is 0 Å². The zero-order chi connectivity index (χ0) is 21.0. The number of carbonyl (C=O) groups is 2. The van der Waals surface area contributed by atoms with Crippen molar-refractivity contribution in [2.24, 2.45) is 0 Å². The summed E-state index contributed by atoms with van der Waals surface area (Å²) in [7, 11) is 0. The number of ether oxygens (including phenoxy) is 1. The molecular formula is C24H24ClNO3. The Balaban J connectivity index is 2.03. The molecular weight excluding hydrogens is 386 g/mol. The number of carbonyl (C=O) groups excluding carboxylic acids is 2. The van der Waals surface area contributed by atoms with E-state index in [-0.39, 0.29) is 18.9 Å². The fourth-order valence-corrected chi connectivity index (χ4v) is 3.88. The molecule has 1 unspecified atom stereocenters. The van der Waals surface area contributed by atoms with Crippen molar-refractivity contribution in [3.63, 3.8) is 0 Å². The van der Waals surface area contributed by atoms with Gasteiger partial charge >= 0.3 is 5.97 Å². The van der Waals surface area contributed by atoms with Gasteiger partial charge in [0.15, 0.2) is 0 Å². The molecule has 5 heteroatoms. The van der Waals surface area contributed by atoms with E-state index in [2.05, 4.69) is 6.58 Å². The normalized spacial score (nSPS) is 16.7. The first kappa shape index (κ1) is 20.9. The van der Waals surface area contributed by atoms with Crippen LogP contribution in [0.3, 0.4) is 0 Å². The molecule has 3 rings (SSSR count). The average molecular weight is 410 g/mol. The predicted molar refractivity (Wildman–Crippen MR) is 114 cm³/mol. The van der Waals surface area contributed by atoms with Crippen molar-refractivity contribution >= 4 is 23.5 Å². The molecule has 1 heterocycles. The van der Waals surface area contributed by atoms with Gasteiger partial charge in [0.05, 0.1) is 12.1 Å². The molecule has 0 bridgehead atoms. The highest BCUT2D eigenvalue weighted by molar-refractivity contribution is 6.30. The maximum absolute atomic E-state index is 13.0. The van der Waals surface area contributed by atoms with E-state index in [1.54, 1.807) is 24.0 Å². The summed E-state index contributed by atoms with van der Waals surface area (Å²) in [5.41, 5.74) is 4.06. The standard InChI is InChI=1S/C24H24ClNO3/c1-4-11-29-24(28)23-17(3)26(15-18-8-5-7-16(2)12-18)22(27)14-21(23)19-9-6-10-20(25)13-19/h4-10,12-13,21H,1,11,14-15H2,2-3H3. The molecule has 1 aliphatic heterocycles. The maximum Gasteiger partial charge on any atom is 0.336 e. The number of aryl methyl sites for hydroxylation is 1. The Labute approximate surface area is 176 Å². The van der Waals surface area contributed by atoms with Gasteiger partial charge in [0.25, 0.3) is 0 Å². The second kappa shape index (κ2) is 9.10. The van der Waals surface area contributed by atoms with Gasteiger partial charge in [0.1, 0.15) is 6.61 Å². The molecule has 1 amide bonds. The van der Waals surface area contributed by atoms with Crippen molar-refractivity contribution in [1.82, 2.24) is 4.90 Å². The summed E-state index contributed by atoms with van der Waals surface area (Å²) in [6.45, 7) is 7.94. The maximum atomic E-state index is 13.0. The van der Waals surface area contributed by atoms with E-state index in [1.165, 1.54) is 6.08 Å². The van der Waals surface area contributed by atoms with E-state index in [0.29, 0.717) is 22.8 Å². The van der Waals surface area contributed by atoms with E-state index in [9.17, 15) is 9.59 Å². The van der Waals surface area contributed by atoms with Crippen LogP contribution in [0.1, 0.15) is 36.0 Å². The van der Waals surface area contributed by atoms with E-state index in [1.807, 2.05) is 43.3 Å². The van der Waals surface area contributed by atoms with Gasteiger partial charge in [-0.3, -0.25) is 4.79 Å². The number of halogens is 1. The highest BCUT2D eigenvalue weighted by atomic mass is 35.5. The summed E-state index contributed by atoms with van der Waals surface area (Å²) in [4.78, 5) is 27.6. The molecule has 29 heavy (non-hydrogen) atoms. The fraction of sp³-hybridized carbons (Fsp3) is 0.250. The zero-order valence-corrected chi connectivity index (χ0v) is 17.4. The van der Waals surface area contributed by atoms with Gasteiger partial charge in [-0.05, 0) is 37.1 Å². The zero-order valence-electron chi connectivity index (χ0n) is 16.7. The van der Waals surface area contributed by atoms with Crippen molar-refractivity contribution < 1.29 is 14.3 Å². The van der Waals surface area contributed by atoms with Gasteiger partial charge in [0.2, 0.25) is 5.91 Å². The Bertz CT molecular complexity index is 980. The van der Waals surface area contributed by atoms with Crippen LogP contribution in [0.2, 0.25) is 5.02 Å². The lowest BCUT2D eigenvalue weighted by Gasteiger charge is -2.34. The predicted octanol–water partition coefficient (Wildman–Crippen LogP) is 5.17. The van der Waals surface area contributed by atoms with Crippen LogP contribution in [0.15, 0.2) is 72.5 Å². The fourth-order valence-electron chi connectivity index (χ4n) is 3.68. The van der Waals surface area contributed by atoms with Gasteiger partial charge in [-0.25, -0.2) is 4.79 Å². The highest BCUT2D eigenvalue weighted by Gasteiger charge is 2.37. The molecule has 0 aliphatic carbocycles. The van der Waals surface area contributed by atoms with E-state index < -0.39 is 11.9 Å². The third-order valence-electron chi connectivity index (χ3n) is 5.05. The number of benzene rings is 2. The molecule has 1 aliphatic rings. The Morgan fingerprint density at radius 3 is 2.69 bits per heavy atom. The molecule has 4 nitrogen and oxygen atoms in total. The van der Waals surface area contributed by atoms with Crippen LogP contribution in [-0.4, -0.2) is 23.4 Å². The summed E-state index contributed by atoms with van der Waals surface area (Å²) in [5.74, 6) is -0.865. The molecule has 0 spiro atoms. The lowest BCUT2D eigenvalue weighted by Crippen LogP contribution is -2.38. The Kier molecular flexibility index (Phi) is 6.55. The third-order valence-corrected chi connectivity index (χ3v) is 5.28. The Hall–Kier alpha value is -2.85. The molecule has 0 saturated heterocycles. The Morgan fingerprint density at radius 1 is 1.24 bits per heavy atom. The summed E-state index contributed by atoms with van der Waals surface area (Å²) in [6, 6.07) is 15.3. The van der Waals surface area contributed by atoms with E-state index >= 15 is 0 Å². The molecule has 0 aromatic heterocycles. The van der Waals surface area contributed by atoms with Gasteiger partial charge in [0, 0.05) is 23.1 Å². The van der Waals surface area contributed by atoms with Crippen LogP contribution in [0, 0.1) is 6.92 Å². The lowest BCUT2D eigenvalue weighted by molar-refractivity contribution is -0.139. The minimum atomic E-state index is -0.436. The molecule has 2 aromatic carbocycles. The van der Waals surface area contributed by atoms with Crippen LogP contribution in [0.4, 0.5) is 0 Å². The molecule has 2 aromatic rings. The molecule has 0 fully saturated rings. The second-order valence-corrected chi connectivity index (χ2v) is 7.60. The van der Waals surface area contributed by atoms with Gasteiger partial charge in [-0.1, -0.05) is 66.2 Å². The van der Waals surface area contributed by atoms with Gasteiger partial charge < -0.3 is 9.64 Å². The highest BCUT2D eigenvalue weighted by Crippen LogP contribution is 2.38. The second-order valence-electron chi connectivity index (χ2n) is 7.17. The molecule has 0 saturated carbocycles. The van der Waals surface area contributed by atoms with Crippen molar-refractivity contribution in [1.29, 1.82) is 0 Å². The minimum Gasteiger partial charge on any atom is -0.458 e. The SMILES string of the molecule is C=CCOC(=O)C1=C(C)N(Cc2cccc(C)c2)C(=O)CC1c1cccc(Cl)c1. The van der Waals surface area contributed by atoms with Crippen molar-refractivity contribution in [2.75, 3.05) is 6.61 Å². The largest absolute Gasteiger partial charge is 0.458 e. The number of hydrogen-bond donors (Lipinski definition) is 0. The smallest absolute Gasteiger partial charge is 0.336 e.